The summed E-state index contributed by atoms with van der Waals surface area (Å²) in [6.07, 6.45) is 10.0. The summed E-state index contributed by atoms with van der Waals surface area (Å²) in [4.78, 5) is 5.42. The predicted molar refractivity (Wildman–Crippen MR) is 60.8 cm³/mol. The zero-order valence-electron chi connectivity index (χ0n) is 6.27. The fourth-order valence-corrected chi connectivity index (χ4v) is 1.89. The van der Waals surface area contributed by atoms with Crippen molar-refractivity contribution in [2.24, 2.45) is 4.99 Å². The van der Waals surface area contributed by atoms with Crippen LogP contribution < -0.4 is 0 Å². The zero-order chi connectivity index (χ0) is 6.81. The van der Waals surface area contributed by atoms with Gasteiger partial charge in [-0.3, -0.25) is 4.99 Å². The highest BCUT2D eigenvalue weighted by atomic mass is 35.5. The Labute approximate surface area is 88.5 Å². The van der Waals surface area contributed by atoms with E-state index in [0.717, 1.165) is 5.75 Å². The summed E-state index contributed by atoms with van der Waals surface area (Å²) >= 11 is 1.87. The first kappa shape index (κ1) is 11.8. The van der Waals surface area contributed by atoms with Crippen LogP contribution in [0.3, 0.4) is 0 Å². The van der Waals surface area contributed by atoms with Gasteiger partial charge in [0.05, 0.1) is 0 Å². The van der Waals surface area contributed by atoms with Crippen molar-refractivity contribution in [3.8, 4) is 0 Å². The Bertz CT molecular complexity index is 266. The second kappa shape index (κ2) is 5.46. The summed E-state index contributed by atoms with van der Waals surface area (Å²) in [5, 5.41) is 0. The van der Waals surface area contributed by atoms with Crippen molar-refractivity contribution in [2.75, 3.05) is 5.75 Å². The Morgan fingerprint density at radius 3 is 3.00 bits per heavy atom. The van der Waals surface area contributed by atoms with Gasteiger partial charge in [0.2, 0.25) is 0 Å². The summed E-state index contributed by atoms with van der Waals surface area (Å²) in [7, 11) is 0. The van der Waals surface area contributed by atoms with Gasteiger partial charge in [-0.25, -0.2) is 0 Å². The van der Waals surface area contributed by atoms with Crippen molar-refractivity contribution >= 4 is 42.8 Å². The Kier molecular flexibility index (Phi) is 5.38. The largest absolute Gasteiger partial charge is 0.264 e. The smallest absolute Gasteiger partial charge is 0.0348 e. The van der Waals surface area contributed by atoms with E-state index in [1.54, 1.807) is 0 Å². The molecule has 2 heterocycles. The maximum atomic E-state index is 4.07. The van der Waals surface area contributed by atoms with Crippen LogP contribution in [0.25, 0.3) is 0 Å². The van der Waals surface area contributed by atoms with Crippen LogP contribution in [-0.4, -0.2) is 12.0 Å². The predicted octanol–water partition coefficient (Wildman–Crippen LogP) is 2.99. The van der Waals surface area contributed by atoms with Crippen molar-refractivity contribution in [3.05, 3.63) is 34.9 Å². The molecule has 66 valence electrons. The van der Waals surface area contributed by atoms with E-state index >= 15 is 0 Å². The molecule has 0 aliphatic carbocycles. The third kappa shape index (κ3) is 2.41. The van der Waals surface area contributed by atoms with Crippen LogP contribution in [0.5, 0.6) is 0 Å². The topological polar surface area (TPSA) is 12.4 Å². The monoisotopic (exact) mass is 221 g/mol. The molecule has 2 aliphatic rings. The van der Waals surface area contributed by atoms with Gasteiger partial charge in [0, 0.05) is 28.6 Å². The molecule has 2 rings (SSSR count). The molecule has 0 atom stereocenters. The van der Waals surface area contributed by atoms with Gasteiger partial charge < -0.3 is 0 Å². The molecule has 0 spiro atoms. The first-order chi connectivity index (χ1) is 4.97. The lowest BCUT2D eigenvalue weighted by atomic mass is 10.2. The lowest BCUT2D eigenvalue weighted by Crippen LogP contribution is -1.78. The average Bonchev–Trinajstić information content (AvgIpc) is 2.28. The molecule has 0 aromatic rings. The molecule has 0 aromatic heterocycles. The number of aliphatic imine (C=N–C) groups is 1. The summed E-state index contributed by atoms with van der Waals surface area (Å²) in [6, 6.07) is 0. The van der Waals surface area contributed by atoms with Crippen LogP contribution in [0, 0.1) is 0 Å². The molecular weight excluding hydrogens is 213 g/mol. The average molecular weight is 222 g/mol. The second-order valence-corrected chi connectivity index (χ2v) is 3.18. The minimum atomic E-state index is 0. The molecule has 0 radical (unpaired) electrons. The number of thioether (sulfide) groups is 1. The standard InChI is InChI=1S/C8H7NS.2ClH/c1-2-8-7(3-5-10-8)6-9-4-1;;/h1-4,6H,5H2;2*1H. The van der Waals surface area contributed by atoms with Gasteiger partial charge in [0.1, 0.15) is 0 Å². The molecule has 0 unspecified atom stereocenters. The molecule has 4 heteroatoms. The Morgan fingerprint density at radius 2 is 2.17 bits per heavy atom. The highest BCUT2D eigenvalue weighted by Gasteiger charge is 2.09. The van der Waals surface area contributed by atoms with Crippen molar-refractivity contribution in [2.45, 2.75) is 0 Å². The lowest BCUT2D eigenvalue weighted by Gasteiger charge is -1.92. The molecular formula is C8H9Cl2NS. The lowest BCUT2D eigenvalue weighted by molar-refractivity contribution is 1.60. The van der Waals surface area contributed by atoms with Gasteiger partial charge >= 0.3 is 0 Å². The molecule has 0 fully saturated rings. The second-order valence-electron chi connectivity index (χ2n) is 2.12. The molecule has 0 bridgehead atoms. The van der Waals surface area contributed by atoms with E-state index in [9.17, 15) is 0 Å². The number of fused-ring (bicyclic) bond motifs is 1. The van der Waals surface area contributed by atoms with Crippen LogP contribution in [0.2, 0.25) is 0 Å². The highest BCUT2D eigenvalue weighted by molar-refractivity contribution is 8.03. The SMILES string of the molecule is C1=CN=CC2=CCSC2=C1.Cl.Cl. The van der Waals surface area contributed by atoms with Crippen LogP contribution in [0.4, 0.5) is 0 Å². The van der Waals surface area contributed by atoms with Crippen LogP contribution in [-0.2, 0) is 0 Å². The van der Waals surface area contributed by atoms with Crippen LogP contribution >= 0.6 is 36.6 Å². The summed E-state index contributed by atoms with van der Waals surface area (Å²) in [5.41, 5.74) is 1.27. The Balaban J connectivity index is 0.000000605. The first-order valence-corrected chi connectivity index (χ1v) is 4.19. The molecule has 0 amide bonds. The van der Waals surface area contributed by atoms with Crippen molar-refractivity contribution in [1.82, 2.24) is 0 Å². The van der Waals surface area contributed by atoms with Crippen LogP contribution in [0.15, 0.2) is 39.9 Å². The molecule has 0 aromatic carbocycles. The molecule has 1 nitrogen and oxygen atoms in total. The normalized spacial score (nSPS) is 18.0. The van der Waals surface area contributed by atoms with Crippen molar-refractivity contribution in [3.63, 3.8) is 0 Å². The van der Waals surface area contributed by atoms with E-state index in [4.69, 9.17) is 0 Å². The number of halogens is 2. The molecule has 0 saturated carbocycles. The number of allylic oxidation sites excluding steroid dienone is 3. The van der Waals surface area contributed by atoms with E-state index < -0.39 is 0 Å². The maximum Gasteiger partial charge on any atom is 0.0348 e. The van der Waals surface area contributed by atoms with Gasteiger partial charge in [0.15, 0.2) is 0 Å². The van der Waals surface area contributed by atoms with E-state index in [1.165, 1.54) is 10.5 Å². The van der Waals surface area contributed by atoms with Gasteiger partial charge in [-0.2, -0.15) is 0 Å². The van der Waals surface area contributed by atoms with E-state index in [2.05, 4.69) is 17.1 Å². The van der Waals surface area contributed by atoms with Gasteiger partial charge in [-0.1, -0.05) is 6.08 Å². The van der Waals surface area contributed by atoms with E-state index in [1.807, 2.05) is 30.3 Å². The third-order valence-electron chi connectivity index (χ3n) is 1.46. The minimum Gasteiger partial charge on any atom is -0.264 e. The summed E-state index contributed by atoms with van der Waals surface area (Å²) in [5.74, 6) is 1.10. The Hall–Kier alpha value is -0.180. The Morgan fingerprint density at radius 1 is 1.33 bits per heavy atom. The van der Waals surface area contributed by atoms with E-state index in [0.29, 0.717) is 0 Å². The fraction of sp³-hybridized carbons (Fsp3) is 0.125. The summed E-state index contributed by atoms with van der Waals surface area (Å²) in [6.45, 7) is 0. The number of hydrogen-bond donors (Lipinski definition) is 0. The van der Waals surface area contributed by atoms with Gasteiger partial charge in [0.25, 0.3) is 0 Å². The molecule has 2 aliphatic heterocycles. The fourth-order valence-electron chi connectivity index (χ4n) is 0.969. The molecule has 0 N–H and O–H groups in total. The minimum absolute atomic E-state index is 0. The quantitative estimate of drug-likeness (QED) is 0.613. The van der Waals surface area contributed by atoms with E-state index in [-0.39, 0.29) is 24.8 Å². The summed E-state index contributed by atoms with van der Waals surface area (Å²) < 4.78 is 0. The third-order valence-corrected chi connectivity index (χ3v) is 2.48. The maximum absolute atomic E-state index is 4.07. The van der Waals surface area contributed by atoms with Crippen molar-refractivity contribution in [1.29, 1.82) is 0 Å². The molecule has 12 heavy (non-hydrogen) atoms. The van der Waals surface area contributed by atoms with Crippen molar-refractivity contribution < 1.29 is 0 Å². The van der Waals surface area contributed by atoms with Gasteiger partial charge in [-0.15, -0.1) is 36.6 Å². The number of hydrogen-bond acceptors (Lipinski definition) is 2. The highest BCUT2D eigenvalue weighted by Crippen LogP contribution is 2.30. The first-order valence-electron chi connectivity index (χ1n) is 3.20. The van der Waals surface area contributed by atoms with Gasteiger partial charge in [-0.05, 0) is 12.2 Å². The number of rotatable bonds is 0. The zero-order valence-corrected chi connectivity index (χ0v) is 8.72. The number of nitrogens with zero attached hydrogens (tertiary/aromatic N) is 1. The van der Waals surface area contributed by atoms with Crippen LogP contribution in [0.1, 0.15) is 0 Å². The molecule has 0 saturated heterocycles.